The molecule has 2 rings (SSSR count). The summed E-state index contributed by atoms with van der Waals surface area (Å²) in [5.74, 6) is -1.27. The number of aliphatic carboxylic acids is 1. The zero-order valence-corrected chi connectivity index (χ0v) is 7.19. The highest BCUT2D eigenvalue weighted by atomic mass is 16.4. The van der Waals surface area contributed by atoms with Gasteiger partial charge in [0.1, 0.15) is 0 Å². The quantitative estimate of drug-likeness (QED) is 0.628. The van der Waals surface area contributed by atoms with Crippen molar-refractivity contribution in [3.05, 3.63) is 0 Å². The lowest BCUT2D eigenvalue weighted by Crippen LogP contribution is -2.53. The van der Waals surface area contributed by atoms with Crippen molar-refractivity contribution in [1.29, 1.82) is 0 Å². The Bertz CT molecular complexity index is 250. The molecule has 1 saturated heterocycles. The predicted octanol–water partition coefficient (Wildman–Crippen LogP) is -0.125. The first kappa shape index (κ1) is 8.34. The number of amides is 2. The van der Waals surface area contributed by atoms with Crippen molar-refractivity contribution in [2.24, 2.45) is 5.92 Å². The second-order valence-electron chi connectivity index (χ2n) is 3.60. The molecule has 2 aliphatic rings. The number of rotatable bonds is 2. The van der Waals surface area contributed by atoms with Crippen molar-refractivity contribution in [1.82, 2.24) is 10.2 Å². The number of carbonyl (C=O) groups excluding carboxylic acids is 1. The van der Waals surface area contributed by atoms with Crippen LogP contribution in [0.2, 0.25) is 0 Å². The fourth-order valence-corrected chi connectivity index (χ4v) is 1.56. The first-order chi connectivity index (χ1) is 6.18. The Hall–Kier alpha value is -1.26. The summed E-state index contributed by atoms with van der Waals surface area (Å²) < 4.78 is 0. The summed E-state index contributed by atoms with van der Waals surface area (Å²) in [5, 5.41) is 11.4. The minimum absolute atomic E-state index is 0.111. The highest BCUT2D eigenvalue weighted by Gasteiger charge is 2.38. The van der Waals surface area contributed by atoms with Crippen LogP contribution in [0, 0.1) is 5.92 Å². The monoisotopic (exact) mass is 184 g/mol. The molecular formula is C8H12N2O3. The largest absolute Gasteiger partial charge is 0.481 e. The summed E-state index contributed by atoms with van der Waals surface area (Å²) in [6, 6.07) is 0.183. The second-order valence-corrected chi connectivity index (χ2v) is 3.60. The average molecular weight is 184 g/mol. The van der Waals surface area contributed by atoms with Gasteiger partial charge < -0.3 is 15.3 Å². The smallest absolute Gasteiger partial charge is 0.317 e. The lowest BCUT2D eigenvalue weighted by Gasteiger charge is -2.31. The molecule has 1 aliphatic carbocycles. The maximum Gasteiger partial charge on any atom is 0.317 e. The molecule has 1 atom stereocenters. The molecule has 0 spiro atoms. The third-order valence-electron chi connectivity index (χ3n) is 2.51. The number of carbonyl (C=O) groups is 2. The molecule has 13 heavy (non-hydrogen) atoms. The molecule has 0 aromatic rings. The predicted molar refractivity (Wildman–Crippen MR) is 44.3 cm³/mol. The Balaban J connectivity index is 2.00. The zero-order valence-electron chi connectivity index (χ0n) is 7.19. The van der Waals surface area contributed by atoms with Gasteiger partial charge in [-0.25, -0.2) is 4.79 Å². The van der Waals surface area contributed by atoms with E-state index in [2.05, 4.69) is 5.32 Å². The van der Waals surface area contributed by atoms with E-state index in [1.165, 1.54) is 0 Å². The van der Waals surface area contributed by atoms with Gasteiger partial charge in [0.05, 0.1) is 5.92 Å². The van der Waals surface area contributed by atoms with Crippen LogP contribution in [0.15, 0.2) is 0 Å². The molecule has 2 N–H and O–H groups in total. The molecule has 1 unspecified atom stereocenters. The molecule has 1 aliphatic heterocycles. The van der Waals surface area contributed by atoms with Crippen LogP contribution in [-0.2, 0) is 4.79 Å². The molecule has 0 radical (unpaired) electrons. The summed E-state index contributed by atoms with van der Waals surface area (Å²) in [5.41, 5.74) is 0. The molecule has 0 aromatic carbocycles. The van der Waals surface area contributed by atoms with E-state index in [1.807, 2.05) is 0 Å². The molecule has 2 fully saturated rings. The van der Waals surface area contributed by atoms with Gasteiger partial charge in [-0.3, -0.25) is 4.79 Å². The van der Waals surface area contributed by atoms with E-state index in [0.29, 0.717) is 12.6 Å². The molecule has 0 bridgehead atoms. The molecule has 0 aromatic heterocycles. The average Bonchev–Trinajstić information content (AvgIpc) is 2.87. The van der Waals surface area contributed by atoms with E-state index in [0.717, 1.165) is 12.8 Å². The van der Waals surface area contributed by atoms with Crippen LogP contribution < -0.4 is 5.32 Å². The first-order valence-corrected chi connectivity index (χ1v) is 4.46. The van der Waals surface area contributed by atoms with Crippen LogP contribution in [-0.4, -0.2) is 41.1 Å². The fraction of sp³-hybridized carbons (Fsp3) is 0.750. The summed E-state index contributed by atoms with van der Waals surface area (Å²) in [7, 11) is 0. The number of hydrogen-bond acceptors (Lipinski definition) is 2. The van der Waals surface area contributed by atoms with Crippen molar-refractivity contribution in [3.8, 4) is 0 Å². The second kappa shape index (κ2) is 2.90. The van der Waals surface area contributed by atoms with Crippen LogP contribution in [0.5, 0.6) is 0 Å². The van der Waals surface area contributed by atoms with E-state index < -0.39 is 11.9 Å². The lowest BCUT2D eigenvalue weighted by molar-refractivity contribution is -0.142. The number of nitrogens with zero attached hydrogens (tertiary/aromatic N) is 1. The standard InChI is InChI=1S/C8H12N2O3/c11-7(12)5-3-9-8(13)10(4-5)6-1-2-6/h5-6H,1-4H2,(H,9,13)(H,11,12). The van der Waals surface area contributed by atoms with Gasteiger partial charge in [0.15, 0.2) is 0 Å². The van der Waals surface area contributed by atoms with E-state index >= 15 is 0 Å². The highest BCUT2D eigenvalue weighted by molar-refractivity contribution is 5.79. The van der Waals surface area contributed by atoms with Crippen molar-refractivity contribution in [2.45, 2.75) is 18.9 Å². The number of carboxylic acid groups (broad SMARTS) is 1. The van der Waals surface area contributed by atoms with Gasteiger partial charge in [-0.2, -0.15) is 0 Å². The van der Waals surface area contributed by atoms with Gasteiger partial charge in [0.2, 0.25) is 0 Å². The third-order valence-corrected chi connectivity index (χ3v) is 2.51. The number of urea groups is 1. The van der Waals surface area contributed by atoms with Gasteiger partial charge in [-0.15, -0.1) is 0 Å². The molecule has 1 saturated carbocycles. The van der Waals surface area contributed by atoms with Gasteiger partial charge in [0.25, 0.3) is 0 Å². The Kier molecular flexibility index (Phi) is 1.86. The third kappa shape index (κ3) is 1.59. The van der Waals surface area contributed by atoms with Gasteiger partial charge in [-0.05, 0) is 12.8 Å². The van der Waals surface area contributed by atoms with E-state index in [4.69, 9.17) is 5.11 Å². The van der Waals surface area contributed by atoms with Crippen molar-refractivity contribution < 1.29 is 14.7 Å². The topological polar surface area (TPSA) is 69.6 Å². The Labute approximate surface area is 75.7 Å². The van der Waals surface area contributed by atoms with Crippen molar-refractivity contribution in [3.63, 3.8) is 0 Å². The summed E-state index contributed by atoms with van der Waals surface area (Å²) in [4.78, 5) is 23.6. The van der Waals surface area contributed by atoms with Gasteiger partial charge in [-0.1, -0.05) is 0 Å². The van der Waals surface area contributed by atoms with Crippen LogP contribution in [0.25, 0.3) is 0 Å². The summed E-state index contributed by atoms with van der Waals surface area (Å²) in [6.45, 7) is 0.628. The van der Waals surface area contributed by atoms with Crippen molar-refractivity contribution in [2.75, 3.05) is 13.1 Å². The highest BCUT2D eigenvalue weighted by Crippen LogP contribution is 2.28. The van der Waals surface area contributed by atoms with Gasteiger partial charge in [0, 0.05) is 19.1 Å². The zero-order chi connectivity index (χ0) is 9.42. The molecule has 5 heteroatoms. The SMILES string of the molecule is O=C(O)C1CNC(=O)N(C2CC2)C1. The van der Waals surface area contributed by atoms with E-state index in [-0.39, 0.29) is 12.6 Å². The normalized spacial score (nSPS) is 28.5. The maximum atomic E-state index is 11.3. The summed E-state index contributed by atoms with van der Waals surface area (Å²) in [6.07, 6.45) is 2.03. The van der Waals surface area contributed by atoms with Crippen molar-refractivity contribution >= 4 is 12.0 Å². The number of carboxylic acids is 1. The minimum atomic E-state index is -0.828. The first-order valence-electron chi connectivity index (χ1n) is 4.46. The van der Waals surface area contributed by atoms with Crippen LogP contribution in [0.4, 0.5) is 4.79 Å². The van der Waals surface area contributed by atoms with E-state index in [9.17, 15) is 9.59 Å². The van der Waals surface area contributed by atoms with Crippen LogP contribution in [0.3, 0.4) is 0 Å². The van der Waals surface area contributed by atoms with Gasteiger partial charge >= 0.3 is 12.0 Å². The molecule has 1 heterocycles. The molecular weight excluding hydrogens is 172 g/mol. The number of hydrogen-bond donors (Lipinski definition) is 2. The fourth-order valence-electron chi connectivity index (χ4n) is 1.56. The van der Waals surface area contributed by atoms with Crippen LogP contribution >= 0.6 is 0 Å². The Morgan fingerprint density at radius 1 is 1.54 bits per heavy atom. The minimum Gasteiger partial charge on any atom is -0.481 e. The molecule has 5 nitrogen and oxygen atoms in total. The summed E-state index contributed by atoms with van der Waals surface area (Å²) >= 11 is 0. The Morgan fingerprint density at radius 3 is 2.77 bits per heavy atom. The molecule has 72 valence electrons. The Morgan fingerprint density at radius 2 is 2.23 bits per heavy atom. The maximum absolute atomic E-state index is 11.3. The molecule has 2 amide bonds. The van der Waals surface area contributed by atoms with E-state index in [1.54, 1.807) is 4.90 Å². The van der Waals surface area contributed by atoms with Crippen LogP contribution in [0.1, 0.15) is 12.8 Å². The number of nitrogens with one attached hydrogen (secondary N) is 1. The lowest BCUT2D eigenvalue weighted by atomic mass is 10.1.